The minimum absolute atomic E-state index is 0.194. The van der Waals surface area contributed by atoms with Gasteiger partial charge in [-0.05, 0) is 0 Å². The Hall–Kier alpha value is -1.89. The van der Waals surface area contributed by atoms with Crippen molar-refractivity contribution in [2.75, 3.05) is 17.3 Å². The van der Waals surface area contributed by atoms with Gasteiger partial charge in [0.1, 0.15) is 17.5 Å². The van der Waals surface area contributed by atoms with Crippen molar-refractivity contribution in [1.29, 1.82) is 0 Å². The van der Waals surface area contributed by atoms with E-state index in [4.69, 9.17) is 11.6 Å². The second kappa shape index (κ2) is 6.00. The first-order valence-electron chi connectivity index (χ1n) is 5.40. The number of anilines is 2. The minimum atomic E-state index is -0.354. The van der Waals surface area contributed by atoms with E-state index in [1.165, 1.54) is 0 Å². The van der Waals surface area contributed by atoms with E-state index in [1.807, 2.05) is 13.8 Å². The highest BCUT2D eigenvalue weighted by Crippen LogP contribution is 2.16. The second-order valence-electron chi connectivity index (χ2n) is 3.94. The molecule has 0 aliphatic carbocycles. The van der Waals surface area contributed by atoms with E-state index in [9.17, 15) is 4.79 Å². The van der Waals surface area contributed by atoms with Gasteiger partial charge in [0, 0.05) is 24.9 Å². The molecule has 0 aromatic carbocycles. The topological polar surface area (TPSA) is 119 Å². The fourth-order valence-corrected chi connectivity index (χ4v) is 1.20. The Balaban J connectivity index is 2.76. The molecule has 0 saturated heterocycles. The van der Waals surface area contributed by atoms with Crippen molar-refractivity contribution >= 4 is 17.5 Å². The SMILES string of the molecule is CC(C)c1nc(NN)cc(NCCC(N)=O)n1. The molecule has 1 rings (SSSR count). The van der Waals surface area contributed by atoms with E-state index < -0.39 is 0 Å². The maximum atomic E-state index is 10.6. The van der Waals surface area contributed by atoms with Gasteiger partial charge < -0.3 is 16.5 Å². The van der Waals surface area contributed by atoms with Crippen LogP contribution in [0.15, 0.2) is 6.07 Å². The van der Waals surface area contributed by atoms with Crippen LogP contribution in [-0.2, 0) is 4.79 Å². The van der Waals surface area contributed by atoms with Crippen molar-refractivity contribution in [3.8, 4) is 0 Å². The van der Waals surface area contributed by atoms with Gasteiger partial charge in [-0.15, -0.1) is 0 Å². The quantitative estimate of drug-likeness (QED) is 0.414. The summed E-state index contributed by atoms with van der Waals surface area (Å²) in [5.41, 5.74) is 7.53. The van der Waals surface area contributed by atoms with Crippen LogP contribution in [0.4, 0.5) is 11.6 Å². The Morgan fingerprint density at radius 1 is 1.41 bits per heavy atom. The molecule has 94 valence electrons. The molecule has 1 aromatic heterocycles. The van der Waals surface area contributed by atoms with Crippen molar-refractivity contribution in [1.82, 2.24) is 9.97 Å². The van der Waals surface area contributed by atoms with Gasteiger partial charge in [0.2, 0.25) is 5.91 Å². The number of nitrogens with zero attached hydrogens (tertiary/aromatic N) is 2. The molecule has 0 saturated carbocycles. The number of hydrogen-bond acceptors (Lipinski definition) is 6. The Morgan fingerprint density at radius 2 is 2.06 bits per heavy atom. The molecule has 1 heterocycles. The highest BCUT2D eigenvalue weighted by Gasteiger charge is 2.07. The summed E-state index contributed by atoms with van der Waals surface area (Å²) >= 11 is 0. The molecule has 0 fully saturated rings. The summed E-state index contributed by atoms with van der Waals surface area (Å²) in [6.45, 7) is 4.42. The number of carbonyl (C=O) groups is 1. The number of aromatic nitrogens is 2. The Kier molecular flexibility index (Phi) is 4.65. The first kappa shape index (κ1) is 13.2. The van der Waals surface area contributed by atoms with Gasteiger partial charge in [-0.3, -0.25) is 4.79 Å². The van der Waals surface area contributed by atoms with Gasteiger partial charge in [-0.2, -0.15) is 0 Å². The number of hydrogen-bond donors (Lipinski definition) is 4. The lowest BCUT2D eigenvalue weighted by Gasteiger charge is -2.10. The van der Waals surface area contributed by atoms with Crippen molar-refractivity contribution < 1.29 is 4.79 Å². The molecular weight excluding hydrogens is 220 g/mol. The molecular formula is C10H18N6O. The first-order chi connectivity index (χ1) is 8.02. The van der Waals surface area contributed by atoms with Crippen LogP contribution in [0.25, 0.3) is 0 Å². The largest absolute Gasteiger partial charge is 0.370 e. The van der Waals surface area contributed by atoms with Crippen LogP contribution in [-0.4, -0.2) is 22.4 Å². The number of hydrazine groups is 1. The average Bonchev–Trinajstić information content (AvgIpc) is 2.28. The van der Waals surface area contributed by atoms with Crippen molar-refractivity contribution in [2.24, 2.45) is 11.6 Å². The zero-order chi connectivity index (χ0) is 12.8. The lowest BCUT2D eigenvalue weighted by atomic mass is 10.2. The Labute approximate surface area is 100.0 Å². The number of primary amides is 1. The van der Waals surface area contributed by atoms with E-state index in [2.05, 4.69) is 20.7 Å². The number of nitrogens with two attached hydrogens (primary N) is 2. The zero-order valence-electron chi connectivity index (χ0n) is 10.0. The van der Waals surface area contributed by atoms with Crippen molar-refractivity contribution in [3.63, 3.8) is 0 Å². The number of amides is 1. The smallest absolute Gasteiger partial charge is 0.219 e. The normalized spacial score (nSPS) is 10.4. The summed E-state index contributed by atoms with van der Waals surface area (Å²) in [5.74, 6) is 7.00. The van der Waals surface area contributed by atoms with Crippen LogP contribution in [0, 0.1) is 0 Å². The molecule has 17 heavy (non-hydrogen) atoms. The fourth-order valence-electron chi connectivity index (χ4n) is 1.20. The molecule has 6 N–H and O–H groups in total. The highest BCUT2D eigenvalue weighted by molar-refractivity contribution is 5.74. The predicted octanol–water partition coefficient (Wildman–Crippen LogP) is 0.173. The summed E-state index contributed by atoms with van der Waals surface area (Å²) in [6.07, 6.45) is 0.256. The minimum Gasteiger partial charge on any atom is -0.370 e. The molecule has 0 atom stereocenters. The van der Waals surface area contributed by atoms with E-state index in [0.717, 1.165) is 0 Å². The molecule has 1 aromatic rings. The van der Waals surface area contributed by atoms with Gasteiger partial charge in [-0.25, -0.2) is 15.8 Å². The number of rotatable bonds is 6. The molecule has 0 unspecified atom stereocenters. The molecule has 0 radical (unpaired) electrons. The van der Waals surface area contributed by atoms with Gasteiger partial charge in [0.05, 0.1) is 0 Å². The molecule has 7 heteroatoms. The molecule has 0 aliphatic heterocycles. The molecule has 0 spiro atoms. The van der Waals surface area contributed by atoms with Gasteiger partial charge in [0.25, 0.3) is 0 Å². The van der Waals surface area contributed by atoms with E-state index in [1.54, 1.807) is 6.07 Å². The molecule has 0 bridgehead atoms. The Bertz CT molecular complexity index is 392. The van der Waals surface area contributed by atoms with Crippen LogP contribution >= 0.6 is 0 Å². The maximum Gasteiger partial charge on any atom is 0.219 e. The first-order valence-corrected chi connectivity index (χ1v) is 5.40. The fraction of sp³-hybridized carbons (Fsp3) is 0.500. The highest BCUT2D eigenvalue weighted by atomic mass is 16.1. The number of carbonyl (C=O) groups excluding carboxylic acids is 1. The Morgan fingerprint density at radius 3 is 2.59 bits per heavy atom. The van der Waals surface area contributed by atoms with Gasteiger partial charge in [0.15, 0.2) is 0 Å². The van der Waals surface area contributed by atoms with Crippen LogP contribution in [0.2, 0.25) is 0 Å². The third kappa shape index (κ3) is 4.23. The maximum absolute atomic E-state index is 10.6. The summed E-state index contributed by atoms with van der Waals surface area (Å²) < 4.78 is 0. The van der Waals surface area contributed by atoms with E-state index in [0.29, 0.717) is 24.0 Å². The summed E-state index contributed by atoms with van der Waals surface area (Å²) in [4.78, 5) is 19.1. The monoisotopic (exact) mass is 238 g/mol. The lowest BCUT2D eigenvalue weighted by Crippen LogP contribution is -2.17. The molecule has 0 aliphatic rings. The third-order valence-electron chi connectivity index (χ3n) is 2.09. The number of nitrogens with one attached hydrogen (secondary N) is 2. The van der Waals surface area contributed by atoms with Crippen molar-refractivity contribution in [2.45, 2.75) is 26.2 Å². The molecule has 1 amide bonds. The van der Waals surface area contributed by atoms with E-state index in [-0.39, 0.29) is 18.2 Å². The summed E-state index contributed by atoms with van der Waals surface area (Å²) in [7, 11) is 0. The van der Waals surface area contributed by atoms with Crippen molar-refractivity contribution in [3.05, 3.63) is 11.9 Å². The van der Waals surface area contributed by atoms with Gasteiger partial charge in [-0.1, -0.05) is 13.8 Å². The van der Waals surface area contributed by atoms with Crippen LogP contribution < -0.4 is 22.3 Å². The zero-order valence-corrected chi connectivity index (χ0v) is 10.0. The number of nitrogen functional groups attached to an aromatic ring is 1. The molecule has 7 nitrogen and oxygen atoms in total. The average molecular weight is 238 g/mol. The van der Waals surface area contributed by atoms with Gasteiger partial charge >= 0.3 is 0 Å². The van der Waals surface area contributed by atoms with Crippen LogP contribution in [0.1, 0.15) is 32.0 Å². The predicted molar refractivity (Wildman–Crippen MR) is 66.2 cm³/mol. The summed E-state index contributed by atoms with van der Waals surface area (Å²) in [6, 6.07) is 1.67. The second-order valence-corrected chi connectivity index (χ2v) is 3.94. The standard InChI is InChI=1S/C10H18N6O/c1-6(2)10-14-8(5-9(15-10)16-12)13-4-3-7(11)17/h5-6H,3-4,12H2,1-2H3,(H2,11,17)(H2,13,14,15,16). The van der Waals surface area contributed by atoms with E-state index >= 15 is 0 Å². The summed E-state index contributed by atoms with van der Waals surface area (Å²) in [5, 5.41) is 3.00. The van der Waals surface area contributed by atoms with Crippen LogP contribution in [0.5, 0.6) is 0 Å². The van der Waals surface area contributed by atoms with Crippen LogP contribution in [0.3, 0.4) is 0 Å². The third-order valence-corrected chi connectivity index (χ3v) is 2.09. The lowest BCUT2D eigenvalue weighted by molar-refractivity contribution is -0.117.